The van der Waals surface area contributed by atoms with E-state index in [1.807, 2.05) is 13.0 Å². The van der Waals surface area contributed by atoms with Crippen molar-refractivity contribution in [3.63, 3.8) is 0 Å². The van der Waals surface area contributed by atoms with Crippen LogP contribution in [-0.4, -0.2) is 24.7 Å². The number of pyridine rings is 1. The van der Waals surface area contributed by atoms with Crippen molar-refractivity contribution in [1.82, 2.24) is 24.7 Å². The maximum atomic E-state index is 13.1. The van der Waals surface area contributed by atoms with Crippen molar-refractivity contribution in [2.75, 3.05) is 5.73 Å². The number of hydrogen-bond acceptors (Lipinski definition) is 5. The van der Waals surface area contributed by atoms with Crippen LogP contribution >= 0.6 is 0 Å². The molecule has 0 radical (unpaired) electrons. The lowest BCUT2D eigenvalue weighted by Crippen LogP contribution is -2.26. The molecule has 7 nitrogen and oxygen atoms in total. The normalized spacial score (nSPS) is 15.5. The molecule has 0 aliphatic heterocycles. The van der Waals surface area contributed by atoms with E-state index in [9.17, 15) is 4.79 Å². The van der Waals surface area contributed by atoms with Gasteiger partial charge in [0, 0.05) is 17.6 Å². The zero-order valence-electron chi connectivity index (χ0n) is 12.9. The van der Waals surface area contributed by atoms with Gasteiger partial charge in [-0.1, -0.05) is 12.8 Å². The van der Waals surface area contributed by atoms with Gasteiger partial charge in [-0.25, -0.2) is 4.98 Å². The minimum atomic E-state index is -0.0611. The molecular weight excluding hydrogens is 292 g/mol. The number of anilines is 1. The fourth-order valence-electron chi connectivity index (χ4n) is 3.47. The standard InChI is InChI=1S/C16H18N6O/c1-9-11-8-12(13-6-7-18-21-13)15(23)22(10-4-2-3-5-10)14(11)20-16(17)19-9/h6-8,10H,2-5H2,1H3,(H,18,21)(H2,17,19,20). The molecule has 0 spiro atoms. The van der Waals surface area contributed by atoms with Crippen LogP contribution in [0, 0.1) is 6.92 Å². The van der Waals surface area contributed by atoms with E-state index in [1.165, 1.54) is 0 Å². The Balaban J connectivity index is 2.10. The first-order valence-electron chi connectivity index (χ1n) is 7.84. The summed E-state index contributed by atoms with van der Waals surface area (Å²) in [5, 5.41) is 7.78. The van der Waals surface area contributed by atoms with E-state index in [4.69, 9.17) is 5.73 Å². The lowest BCUT2D eigenvalue weighted by atomic mass is 10.1. The molecule has 118 valence electrons. The Morgan fingerprint density at radius 3 is 2.78 bits per heavy atom. The van der Waals surface area contributed by atoms with E-state index in [0.29, 0.717) is 16.9 Å². The predicted octanol–water partition coefficient (Wildman–Crippen LogP) is 2.19. The molecular formula is C16H18N6O. The number of aryl methyl sites for hydroxylation is 1. The monoisotopic (exact) mass is 310 g/mol. The fraction of sp³-hybridized carbons (Fsp3) is 0.375. The molecule has 4 rings (SSSR count). The van der Waals surface area contributed by atoms with Gasteiger partial charge in [-0.2, -0.15) is 10.1 Å². The van der Waals surface area contributed by atoms with Gasteiger partial charge in [0.05, 0.1) is 17.0 Å². The number of nitrogens with zero attached hydrogens (tertiary/aromatic N) is 4. The maximum Gasteiger partial charge on any atom is 0.262 e. The first-order valence-corrected chi connectivity index (χ1v) is 7.84. The van der Waals surface area contributed by atoms with Crippen molar-refractivity contribution in [3.05, 3.63) is 34.4 Å². The predicted molar refractivity (Wildman–Crippen MR) is 88.0 cm³/mol. The van der Waals surface area contributed by atoms with Crippen molar-refractivity contribution >= 4 is 17.0 Å². The Labute approximate surface area is 132 Å². The number of hydrogen-bond donors (Lipinski definition) is 2. The van der Waals surface area contributed by atoms with Crippen molar-refractivity contribution in [2.24, 2.45) is 0 Å². The van der Waals surface area contributed by atoms with Gasteiger partial charge in [0.25, 0.3) is 5.56 Å². The molecule has 23 heavy (non-hydrogen) atoms. The molecule has 1 fully saturated rings. The van der Waals surface area contributed by atoms with E-state index in [-0.39, 0.29) is 17.5 Å². The van der Waals surface area contributed by atoms with Crippen LogP contribution in [0.25, 0.3) is 22.3 Å². The Morgan fingerprint density at radius 1 is 1.30 bits per heavy atom. The second kappa shape index (κ2) is 5.19. The highest BCUT2D eigenvalue weighted by Crippen LogP contribution is 2.32. The third-order valence-corrected chi connectivity index (χ3v) is 4.57. The fourth-order valence-corrected chi connectivity index (χ4v) is 3.47. The summed E-state index contributed by atoms with van der Waals surface area (Å²) in [6.07, 6.45) is 5.95. The molecule has 0 bridgehead atoms. The maximum absolute atomic E-state index is 13.1. The van der Waals surface area contributed by atoms with Gasteiger partial charge in [-0.05, 0) is 31.9 Å². The van der Waals surface area contributed by atoms with Crippen LogP contribution in [0.2, 0.25) is 0 Å². The van der Waals surface area contributed by atoms with E-state index < -0.39 is 0 Å². The second-order valence-electron chi connectivity index (χ2n) is 6.04. The Hall–Kier alpha value is -2.70. The number of H-pyrrole nitrogens is 1. The SMILES string of the molecule is Cc1nc(N)nc2c1cc(-c1cc[nH]n1)c(=O)n2C1CCCC1. The molecule has 3 N–H and O–H groups in total. The first kappa shape index (κ1) is 13.9. The van der Waals surface area contributed by atoms with Crippen molar-refractivity contribution < 1.29 is 0 Å². The topological polar surface area (TPSA) is 102 Å². The van der Waals surface area contributed by atoms with Gasteiger partial charge >= 0.3 is 0 Å². The highest BCUT2D eigenvalue weighted by molar-refractivity contribution is 5.83. The third-order valence-electron chi connectivity index (χ3n) is 4.57. The number of fused-ring (bicyclic) bond motifs is 1. The van der Waals surface area contributed by atoms with E-state index in [1.54, 1.807) is 16.8 Å². The third kappa shape index (κ3) is 2.19. The number of nitrogens with two attached hydrogens (primary N) is 1. The number of nitrogen functional groups attached to an aromatic ring is 1. The van der Waals surface area contributed by atoms with Crippen molar-refractivity contribution in [1.29, 1.82) is 0 Å². The summed E-state index contributed by atoms with van der Waals surface area (Å²) in [6.45, 7) is 1.89. The molecule has 0 atom stereocenters. The molecule has 3 heterocycles. The number of rotatable bonds is 2. The lowest BCUT2D eigenvalue weighted by Gasteiger charge is -2.18. The highest BCUT2D eigenvalue weighted by atomic mass is 16.1. The summed E-state index contributed by atoms with van der Waals surface area (Å²) in [5.74, 6) is 0.202. The quantitative estimate of drug-likeness (QED) is 0.755. The molecule has 3 aromatic heterocycles. The molecule has 1 aliphatic rings. The van der Waals surface area contributed by atoms with E-state index >= 15 is 0 Å². The lowest BCUT2D eigenvalue weighted by molar-refractivity contribution is 0.516. The first-order chi connectivity index (χ1) is 11.1. The Kier molecular flexibility index (Phi) is 3.14. The van der Waals surface area contributed by atoms with E-state index in [2.05, 4.69) is 20.2 Å². The van der Waals surface area contributed by atoms with Gasteiger partial charge in [0.15, 0.2) is 0 Å². The van der Waals surface area contributed by atoms with Gasteiger partial charge in [0.1, 0.15) is 5.65 Å². The van der Waals surface area contributed by atoms with Gasteiger partial charge in [-0.15, -0.1) is 0 Å². The number of aromatic nitrogens is 5. The number of nitrogens with one attached hydrogen (secondary N) is 1. The van der Waals surface area contributed by atoms with Crippen molar-refractivity contribution in [2.45, 2.75) is 38.6 Å². The van der Waals surface area contributed by atoms with Crippen LogP contribution in [0.15, 0.2) is 23.1 Å². The average Bonchev–Trinajstić information content (AvgIpc) is 3.20. The van der Waals surface area contributed by atoms with Gasteiger partial charge < -0.3 is 5.73 Å². The highest BCUT2D eigenvalue weighted by Gasteiger charge is 2.24. The second-order valence-corrected chi connectivity index (χ2v) is 6.04. The van der Waals surface area contributed by atoms with Gasteiger partial charge in [0.2, 0.25) is 5.95 Å². The zero-order chi connectivity index (χ0) is 16.0. The van der Waals surface area contributed by atoms with Gasteiger partial charge in [-0.3, -0.25) is 14.5 Å². The molecule has 0 saturated heterocycles. The number of aromatic amines is 1. The molecule has 0 aromatic carbocycles. The van der Waals surface area contributed by atoms with E-state index in [0.717, 1.165) is 36.8 Å². The summed E-state index contributed by atoms with van der Waals surface area (Å²) in [7, 11) is 0. The molecule has 3 aromatic rings. The van der Waals surface area contributed by atoms with Crippen LogP contribution < -0.4 is 11.3 Å². The molecule has 0 unspecified atom stereocenters. The van der Waals surface area contributed by atoms with Crippen LogP contribution in [0.4, 0.5) is 5.95 Å². The Morgan fingerprint density at radius 2 is 2.09 bits per heavy atom. The summed E-state index contributed by atoms with van der Waals surface area (Å²) in [6, 6.07) is 3.79. The summed E-state index contributed by atoms with van der Waals surface area (Å²) < 4.78 is 1.80. The molecule has 1 saturated carbocycles. The largest absolute Gasteiger partial charge is 0.368 e. The van der Waals surface area contributed by atoms with Crippen LogP contribution in [0.3, 0.4) is 0 Å². The summed E-state index contributed by atoms with van der Waals surface area (Å²) in [5.41, 5.74) is 8.37. The molecule has 0 amide bonds. The molecule has 1 aliphatic carbocycles. The zero-order valence-corrected chi connectivity index (χ0v) is 12.9. The molecule has 7 heteroatoms. The van der Waals surface area contributed by atoms with Crippen LogP contribution in [0.5, 0.6) is 0 Å². The summed E-state index contributed by atoms with van der Waals surface area (Å²) >= 11 is 0. The average molecular weight is 310 g/mol. The van der Waals surface area contributed by atoms with Crippen LogP contribution in [-0.2, 0) is 0 Å². The minimum absolute atomic E-state index is 0.0611. The minimum Gasteiger partial charge on any atom is -0.368 e. The van der Waals surface area contributed by atoms with Crippen LogP contribution in [0.1, 0.15) is 37.4 Å². The Bertz CT molecular complexity index is 922. The summed E-state index contributed by atoms with van der Waals surface area (Å²) in [4.78, 5) is 21.7. The van der Waals surface area contributed by atoms with Crippen molar-refractivity contribution in [3.8, 4) is 11.3 Å². The smallest absolute Gasteiger partial charge is 0.262 e.